The molecular weight excluding hydrogens is 154 g/mol. The van der Waals surface area contributed by atoms with E-state index < -0.39 is 0 Å². The summed E-state index contributed by atoms with van der Waals surface area (Å²) in [4.78, 5) is 0. The zero-order valence-electron chi connectivity index (χ0n) is 6.70. The predicted molar refractivity (Wildman–Crippen MR) is 47.2 cm³/mol. The molecule has 62 valence electrons. The van der Waals surface area contributed by atoms with E-state index in [1.54, 1.807) is 19.4 Å². The normalized spacial score (nSPS) is 10.4. The van der Waals surface area contributed by atoms with Gasteiger partial charge >= 0.3 is 0 Å². The number of rotatable bonds is 1. The Morgan fingerprint density at radius 3 is 2.92 bits per heavy atom. The maximum Gasteiger partial charge on any atom is 0.142 e. The van der Waals surface area contributed by atoms with Crippen LogP contribution in [-0.2, 0) is 0 Å². The van der Waals surface area contributed by atoms with Crippen LogP contribution in [0.2, 0.25) is 0 Å². The van der Waals surface area contributed by atoms with Crippen LogP contribution < -0.4 is 10.5 Å². The van der Waals surface area contributed by atoms with Crippen molar-refractivity contribution < 1.29 is 9.15 Å². The molecule has 0 fully saturated rings. The maximum absolute atomic E-state index is 5.79. The molecule has 0 radical (unpaired) electrons. The standard InChI is InChI=1S/C9H9NO2/c1-11-8-3-2-7-6(9(8)10)4-5-12-7/h2-5H,10H2,1H3. The monoisotopic (exact) mass is 163 g/mol. The lowest BCUT2D eigenvalue weighted by molar-refractivity contribution is 0.417. The summed E-state index contributed by atoms with van der Waals surface area (Å²) >= 11 is 0. The van der Waals surface area contributed by atoms with E-state index in [1.807, 2.05) is 12.1 Å². The summed E-state index contributed by atoms with van der Waals surface area (Å²) in [6.45, 7) is 0. The molecule has 1 aromatic heterocycles. The van der Waals surface area contributed by atoms with Gasteiger partial charge in [-0.1, -0.05) is 0 Å². The van der Waals surface area contributed by atoms with Crippen LogP contribution in [0.25, 0.3) is 11.0 Å². The molecule has 0 spiro atoms. The van der Waals surface area contributed by atoms with E-state index in [-0.39, 0.29) is 0 Å². The van der Waals surface area contributed by atoms with Crippen LogP contribution in [-0.4, -0.2) is 7.11 Å². The second-order valence-corrected chi connectivity index (χ2v) is 2.51. The second-order valence-electron chi connectivity index (χ2n) is 2.51. The van der Waals surface area contributed by atoms with E-state index in [2.05, 4.69) is 0 Å². The van der Waals surface area contributed by atoms with E-state index in [1.165, 1.54) is 0 Å². The summed E-state index contributed by atoms with van der Waals surface area (Å²) in [6.07, 6.45) is 1.61. The number of nitrogens with two attached hydrogens (primary N) is 1. The van der Waals surface area contributed by atoms with Crippen LogP contribution >= 0.6 is 0 Å². The van der Waals surface area contributed by atoms with Gasteiger partial charge in [0.05, 0.1) is 19.1 Å². The highest BCUT2D eigenvalue weighted by molar-refractivity contribution is 5.92. The Kier molecular flexibility index (Phi) is 1.43. The largest absolute Gasteiger partial charge is 0.495 e. The topological polar surface area (TPSA) is 48.4 Å². The molecular formula is C9H9NO2. The molecule has 2 aromatic rings. The van der Waals surface area contributed by atoms with Crippen LogP contribution in [0.5, 0.6) is 5.75 Å². The highest BCUT2D eigenvalue weighted by atomic mass is 16.5. The molecule has 0 saturated heterocycles. The molecule has 1 aromatic carbocycles. The summed E-state index contributed by atoms with van der Waals surface area (Å²) in [6, 6.07) is 5.46. The number of anilines is 1. The zero-order chi connectivity index (χ0) is 8.55. The summed E-state index contributed by atoms with van der Waals surface area (Å²) < 4.78 is 10.2. The molecule has 0 saturated carbocycles. The van der Waals surface area contributed by atoms with Gasteiger partial charge in [-0.05, 0) is 18.2 Å². The molecule has 0 bridgehead atoms. The number of methoxy groups -OCH3 is 1. The number of benzene rings is 1. The van der Waals surface area contributed by atoms with Crippen LogP contribution in [0.15, 0.2) is 28.9 Å². The first-order chi connectivity index (χ1) is 5.83. The predicted octanol–water partition coefficient (Wildman–Crippen LogP) is 2.02. The molecule has 1 heterocycles. The molecule has 3 nitrogen and oxygen atoms in total. The number of hydrogen-bond acceptors (Lipinski definition) is 3. The van der Waals surface area contributed by atoms with Gasteiger partial charge in [0.1, 0.15) is 11.3 Å². The molecule has 0 aliphatic heterocycles. The average molecular weight is 163 g/mol. The molecule has 0 amide bonds. The van der Waals surface area contributed by atoms with Crippen LogP contribution in [0.3, 0.4) is 0 Å². The number of nitrogen functional groups attached to an aromatic ring is 1. The van der Waals surface area contributed by atoms with Gasteiger partial charge in [-0.15, -0.1) is 0 Å². The van der Waals surface area contributed by atoms with Gasteiger partial charge < -0.3 is 14.9 Å². The highest BCUT2D eigenvalue weighted by Gasteiger charge is 2.05. The number of ether oxygens (including phenoxy) is 1. The van der Waals surface area contributed by atoms with Crippen molar-refractivity contribution >= 4 is 16.7 Å². The Morgan fingerprint density at radius 2 is 2.17 bits per heavy atom. The average Bonchev–Trinajstić information content (AvgIpc) is 2.53. The van der Waals surface area contributed by atoms with E-state index in [9.17, 15) is 0 Å². The van der Waals surface area contributed by atoms with Crippen molar-refractivity contribution in [3.8, 4) is 5.75 Å². The Morgan fingerprint density at radius 1 is 1.33 bits per heavy atom. The fourth-order valence-corrected chi connectivity index (χ4v) is 1.22. The summed E-state index contributed by atoms with van der Waals surface area (Å²) in [5, 5.41) is 0.898. The molecule has 0 atom stereocenters. The Hall–Kier alpha value is -1.64. The molecule has 0 unspecified atom stereocenters. The van der Waals surface area contributed by atoms with Crippen molar-refractivity contribution in [3.05, 3.63) is 24.5 Å². The molecule has 0 aliphatic rings. The maximum atomic E-state index is 5.79. The van der Waals surface area contributed by atoms with Gasteiger partial charge in [0.2, 0.25) is 0 Å². The fourth-order valence-electron chi connectivity index (χ4n) is 1.22. The van der Waals surface area contributed by atoms with Gasteiger partial charge in [0.25, 0.3) is 0 Å². The third-order valence-electron chi connectivity index (χ3n) is 1.86. The minimum absolute atomic E-state index is 0.628. The Balaban J connectivity index is 2.78. The molecule has 3 heteroatoms. The SMILES string of the molecule is COc1ccc2occc2c1N. The minimum atomic E-state index is 0.628. The van der Waals surface area contributed by atoms with Crippen molar-refractivity contribution in [1.29, 1.82) is 0 Å². The minimum Gasteiger partial charge on any atom is -0.495 e. The quantitative estimate of drug-likeness (QED) is 0.654. The fraction of sp³-hybridized carbons (Fsp3) is 0.111. The van der Waals surface area contributed by atoms with Crippen molar-refractivity contribution in [2.24, 2.45) is 0 Å². The zero-order valence-corrected chi connectivity index (χ0v) is 6.70. The van der Waals surface area contributed by atoms with Crippen molar-refractivity contribution in [2.45, 2.75) is 0 Å². The van der Waals surface area contributed by atoms with Crippen molar-refractivity contribution in [3.63, 3.8) is 0 Å². The smallest absolute Gasteiger partial charge is 0.142 e. The summed E-state index contributed by atoms with van der Waals surface area (Å²) in [5.41, 5.74) is 7.20. The Bertz CT molecular complexity index is 406. The first-order valence-electron chi connectivity index (χ1n) is 3.62. The lowest BCUT2D eigenvalue weighted by Crippen LogP contribution is -1.91. The molecule has 12 heavy (non-hydrogen) atoms. The van der Waals surface area contributed by atoms with Gasteiger partial charge in [-0.25, -0.2) is 0 Å². The van der Waals surface area contributed by atoms with E-state index in [4.69, 9.17) is 14.9 Å². The first kappa shape index (κ1) is 7.03. The molecule has 0 aliphatic carbocycles. The van der Waals surface area contributed by atoms with Crippen LogP contribution in [0.4, 0.5) is 5.69 Å². The number of hydrogen-bond donors (Lipinski definition) is 1. The number of fused-ring (bicyclic) bond motifs is 1. The lowest BCUT2D eigenvalue weighted by atomic mass is 10.2. The van der Waals surface area contributed by atoms with Crippen LogP contribution in [0, 0.1) is 0 Å². The highest BCUT2D eigenvalue weighted by Crippen LogP contribution is 2.30. The van der Waals surface area contributed by atoms with E-state index >= 15 is 0 Å². The lowest BCUT2D eigenvalue weighted by Gasteiger charge is -2.03. The van der Waals surface area contributed by atoms with Crippen molar-refractivity contribution in [1.82, 2.24) is 0 Å². The van der Waals surface area contributed by atoms with Gasteiger partial charge in [0.15, 0.2) is 0 Å². The first-order valence-corrected chi connectivity index (χ1v) is 3.62. The summed E-state index contributed by atoms with van der Waals surface area (Å²) in [5.74, 6) is 0.684. The third kappa shape index (κ3) is 0.830. The number of furan rings is 1. The second kappa shape index (κ2) is 2.44. The van der Waals surface area contributed by atoms with E-state index in [0.717, 1.165) is 11.0 Å². The van der Waals surface area contributed by atoms with Crippen molar-refractivity contribution in [2.75, 3.05) is 12.8 Å². The van der Waals surface area contributed by atoms with Gasteiger partial charge in [0, 0.05) is 5.39 Å². The van der Waals surface area contributed by atoms with Crippen LogP contribution in [0.1, 0.15) is 0 Å². The van der Waals surface area contributed by atoms with Gasteiger partial charge in [-0.2, -0.15) is 0 Å². The third-order valence-corrected chi connectivity index (χ3v) is 1.86. The summed E-state index contributed by atoms with van der Waals surface area (Å²) in [7, 11) is 1.59. The van der Waals surface area contributed by atoms with E-state index in [0.29, 0.717) is 11.4 Å². The molecule has 2 N–H and O–H groups in total. The molecule has 2 rings (SSSR count). The van der Waals surface area contributed by atoms with Gasteiger partial charge in [-0.3, -0.25) is 0 Å². The Labute approximate surface area is 69.7 Å².